The minimum atomic E-state index is 0.0628. The van der Waals surface area contributed by atoms with Crippen LogP contribution in [0.25, 0.3) is 5.76 Å². The molecule has 1 N–H and O–H groups in total. The lowest BCUT2D eigenvalue weighted by molar-refractivity contribution is -0.135. The van der Waals surface area contributed by atoms with E-state index in [0.29, 0.717) is 87.4 Å². The van der Waals surface area contributed by atoms with Crippen LogP contribution in [0, 0.1) is 0 Å². The summed E-state index contributed by atoms with van der Waals surface area (Å²) in [5.74, 6) is 2.57. The quantitative estimate of drug-likeness (QED) is 0.447. The molecule has 1 fully saturated rings. The second kappa shape index (κ2) is 10.8. The number of amides is 1. The molecule has 1 aromatic carbocycles. The lowest BCUT2D eigenvalue weighted by Gasteiger charge is -2.27. The Balaban J connectivity index is 1.35. The van der Waals surface area contributed by atoms with E-state index in [9.17, 15) is 9.90 Å². The van der Waals surface area contributed by atoms with E-state index in [0.717, 1.165) is 11.4 Å². The average Bonchev–Trinajstić information content (AvgIpc) is 3.42. The van der Waals surface area contributed by atoms with Gasteiger partial charge in [-0.05, 0) is 30.7 Å². The number of aliphatic hydroxyl groups is 1. The van der Waals surface area contributed by atoms with E-state index in [-0.39, 0.29) is 11.7 Å². The largest absolute Gasteiger partial charge is 0.507 e. The predicted molar refractivity (Wildman–Crippen MR) is 135 cm³/mol. The van der Waals surface area contributed by atoms with Crippen LogP contribution in [-0.2, 0) is 9.53 Å². The van der Waals surface area contributed by atoms with E-state index in [2.05, 4.69) is 9.98 Å². The van der Waals surface area contributed by atoms with Gasteiger partial charge in [-0.25, -0.2) is 4.99 Å². The van der Waals surface area contributed by atoms with Gasteiger partial charge < -0.3 is 29.1 Å². The first-order valence-electron chi connectivity index (χ1n) is 12.1. The molecule has 0 radical (unpaired) electrons. The minimum Gasteiger partial charge on any atom is -0.507 e. The van der Waals surface area contributed by atoms with Crippen LogP contribution in [0.2, 0.25) is 0 Å². The maximum Gasteiger partial charge on any atom is 0.222 e. The fourth-order valence-electron chi connectivity index (χ4n) is 4.44. The van der Waals surface area contributed by atoms with Crippen LogP contribution in [-0.4, -0.2) is 90.6 Å². The van der Waals surface area contributed by atoms with Crippen molar-refractivity contribution >= 4 is 29.0 Å². The molecule has 0 saturated carbocycles. The Kier molecular flexibility index (Phi) is 7.13. The van der Waals surface area contributed by atoms with E-state index >= 15 is 0 Å². The number of aliphatic imine (C=N–C) groups is 2. The third kappa shape index (κ3) is 4.90. The molecule has 188 valence electrons. The number of hydrogen-bond donors (Lipinski definition) is 1. The molecule has 5 rings (SSSR count). The number of fused-ring (bicyclic) bond motifs is 3. The number of carbonyl (C=O) groups is 1. The van der Waals surface area contributed by atoms with Gasteiger partial charge in [0.25, 0.3) is 0 Å². The Labute approximate surface area is 209 Å². The van der Waals surface area contributed by atoms with Crippen molar-refractivity contribution in [2.24, 2.45) is 9.98 Å². The Morgan fingerprint density at radius 2 is 2.08 bits per heavy atom. The molecule has 0 spiro atoms. The summed E-state index contributed by atoms with van der Waals surface area (Å²) in [6.45, 7) is 4.14. The Hall–Kier alpha value is -3.92. The van der Waals surface area contributed by atoms with E-state index in [4.69, 9.17) is 19.2 Å². The number of benzene rings is 1. The smallest absolute Gasteiger partial charge is 0.222 e. The summed E-state index contributed by atoms with van der Waals surface area (Å²) in [6.07, 6.45) is 5.87. The highest BCUT2D eigenvalue weighted by Crippen LogP contribution is 2.43. The Morgan fingerprint density at radius 3 is 2.86 bits per heavy atom. The van der Waals surface area contributed by atoms with Gasteiger partial charge in [0.1, 0.15) is 23.1 Å². The molecule has 1 amide bonds. The number of methoxy groups -OCH3 is 1. The van der Waals surface area contributed by atoms with Crippen LogP contribution < -0.4 is 9.47 Å². The van der Waals surface area contributed by atoms with Gasteiger partial charge in [-0.15, -0.1) is 0 Å². The number of ether oxygens (including phenoxy) is 3. The standard InChI is InChI=1S/C26H29N5O5/c1-34-25-21(36-13-3-5-23(33)30-11-14-35-15-12-30)7-6-19-24(25)29-22(31-10-9-28-26(19)31)16-20(32)18-4-2-8-27-17-18/h2,4,6-8,16-17,32H,3,5,9-15H2,1H3. The van der Waals surface area contributed by atoms with Crippen molar-refractivity contribution in [1.29, 1.82) is 0 Å². The van der Waals surface area contributed by atoms with Crippen LogP contribution in [0.4, 0.5) is 5.69 Å². The van der Waals surface area contributed by atoms with Crippen LogP contribution in [0.15, 0.2) is 52.7 Å². The number of aliphatic hydroxyl groups excluding tert-OH is 1. The molecule has 4 heterocycles. The van der Waals surface area contributed by atoms with Crippen LogP contribution in [0.3, 0.4) is 0 Å². The number of morpholine rings is 1. The van der Waals surface area contributed by atoms with Gasteiger partial charge in [0.15, 0.2) is 11.5 Å². The second-order valence-electron chi connectivity index (χ2n) is 8.54. The highest BCUT2D eigenvalue weighted by atomic mass is 16.5. The Morgan fingerprint density at radius 1 is 1.22 bits per heavy atom. The molecule has 2 aromatic rings. The average molecular weight is 492 g/mol. The predicted octanol–water partition coefficient (Wildman–Crippen LogP) is 2.81. The molecule has 3 aliphatic heterocycles. The SMILES string of the molecule is COc1c(OCCCC(=O)N2CCOCC2)ccc2c1N=C(C=C(O)c1cccnc1)N1CCN=C21. The fourth-order valence-corrected chi connectivity index (χ4v) is 4.44. The zero-order chi connectivity index (χ0) is 24.9. The first-order valence-corrected chi connectivity index (χ1v) is 12.1. The van der Waals surface area contributed by atoms with E-state index in [1.54, 1.807) is 37.7 Å². The van der Waals surface area contributed by atoms with E-state index in [1.165, 1.54) is 0 Å². The third-order valence-electron chi connectivity index (χ3n) is 6.26. The molecular formula is C26H29N5O5. The number of aromatic nitrogens is 1. The maximum atomic E-state index is 12.4. The Bertz CT molecular complexity index is 1200. The molecule has 3 aliphatic rings. The van der Waals surface area contributed by atoms with Crippen molar-refractivity contribution in [1.82, 2.24) is 14.8 Å². The molecule has 0 aliphatic carbocycles. The van der Waals surface area contributed by atoms with Gasteiger partial charge in [0.05, 0.1) is 33.5 Å². The first-order chi connectivity index (χ1) is 17.7. The van der Waals surface area contributed by atoms with Crippen molar-refractivity contribution in [2.75, 3.05) is 53.1 Å². The molecule has 0 bridgehead atoms. The second-order valence-corrected chi connectivity index (χ2v) is 8.54. The van der Waals surface area contributed by atoms with Crippen LogP contribution in [0.5, 0.6) is 11.5 Å². The van der Waals surface area contributed by atoms with Crippen LogP contribution >= 0.6 is 0 Å². The molecule has 1 aromatic heterocycles. The first kappa shape index (κ1) is 23.8. The highest BCUT2D eigenvalue weighted by Gasteiger charge is 2.32. The van der Waals surface area contributed by atoms with Gasteiger partial charge in [0.2, 0.25) is 5.91 Å². The lowest BCUT2D eigenvalue weighted by Crippen LogP contribution is -2.40. The highest BCUT2D eigenvalue weighted by molar-refractivity contribution is 6.20. The van der Waals surface area contributed by atoms with Gasteiger partial charge in [-0.3, -0.25) is 14.8 Å². The molecule has 0 atom stereocenters. The number of carbonyl (C=O) groups excluding carboxylic acids is 1. The molecule has 10 nitrogen and oxygen atoms in total. The van der Waals surface area contributed by atoms with Gasteiger partial charge >= 0.3 is 0 Å². The van der Waals surface area contributed by atoms with Gasteiger partial charge in [-0.1, -0.05) is 0 Å². The van der Waals surface area contributed by atoms with Crippen molar-refractivity contribution in [2.45, 2.75) is 12.8 Å². The lowest BCUT2D eigenvalue weighted by atomic mass is 10.1. The number of nitrogens with zero attached hydrogens (tertiary/aromatic N) is 5. The summed E-state index contributed by atoms with van der Waals surface area (Å²) in [4.78, 5) is 29.8. The van der Waals surface area contributed by atoms with E-state index in [1.807, 2.05) is 21.9 Å². The van der Waals surface area contributed by atoms with Crippen LogP contribution in [0.1, 0.15) is 24.0 Å². The van der Waals surface area contributed by atoms with Gasteiger partial charge in [0, 0.05) is 55.7 Å². The monoisotopic (exact) mass is 491 g/mol. The zero-order valence-corrected chi connectivity index (χ0v) is 20.2. The summed E-state index contributed by atoms with van der Waals surface area (Å²) in [5.41, 5.74) is 2.04. The summed E-state index contributed by atoms with van der Waals surface area (Å²) < 4.78 is 17.0. The van der Waals surface area contributed by atoms with Crippen molar-refractivity contribution < 1.29 is 24.1 Å². The molecule has 0 unspecified atom stereocenters. The third-order valence-corrected chi connectivity index (χ3v) is 6.26. The number of rotatable bonds is 8. The fraction of sp³-hybridized carbons (Fsp3) is 0.385. The molecule has 36 heavy (non-hydrogen) atoms. The summed E-state index contributed by atoms with van der Waals surface area (Å²) in [7, 11) is 1.57. The normalized spacial score (nSPS) is 17.2. The summed E-state index contributed by atoms with van der Waals surface area (Å²) in [5, 5.41) is 10.7. The van der Waals surface area contributed by atoms with Crippen molar-refractivity contribution in [3.63, 3.8) is 0 Å². The topological polar surface area (TPSA) is 109 Å². The molecular weight excluding hydrogens is 462 g/mol. The number of amidine groups is 2. The van der Waals surface area contributed by atoms with E-state index < -0.39 is 0 Å². The van der Waals surface area contributed by atoms with Gasteiger partial charge in [-0.2, -0.15) is 0 Å². The maximum absolute atomic E-state index is 12.4. The molecule has 10 heteroatoms. The molecule has 1 saturated heterocycles. The number of pyridine rings is 1. The number of hydrogen-bond acceptors (Lipinski definition) is 9. The minimum absolute atomic E-state index is 0.0628. The zero-order valence-electron chi connectivity index (χ0n) is 20.2. The van der Waals surface area contributed by atoms with Crippen molar-refractivity contribution in [3.05, 3.63) is 53.9 Å². The summed E-state index contributed by atoms with van der Waals surface area (Å²) >= 11 is 0. The summed E-state index contributed by atoms with van der Waals surface area (Å²) in [6, 6.07) is 7.32. The van der Waals surface area contributed by atoms with Crippen molar-refractivity contribution in [3.8, 4) is 11.5 Å².